The van der Waals surface area contributed by atoms with E-state index in [9.17, 15) is 0 Å². The molecule has 0 radical (unpaired) electrons. The maximum atomic E-state index is 6.31. The van der Waals surface area contributed by atoms with Gasteiger partial charge in [-0.1, -0.05) is 23.7 Å². The van der Waals surface area contributed by atoms with Gasteiger partial charge in [0.2, 0.25) is 0 Å². The Balaban J connectivity index is 2.31. The molecule has 0 bridgehead atoms. The zero-order valence-electron chi connectivity index (χ0n) is 10.8. The third-order valence-corrected chi connectivity index (χ3v) is 3.74. The summed E-state index contributed by atoms with van der Waals surface area (Å²) in [5.74, 6) is 0. The lowest BCUT2D eigenvalue weighted by molar-refractivity contribution is 0.415. The lowest BCUT2D eigenvalue weighted by atomic mass is 10.0. The summed E-state index contributed by atoms with van der Waals surface area (Å²) < 4.78 is 0. The number of hydrogen-bond donors (Lipinski definition) is 1. The number of nitrogens with zero attached hydrogens (tertiary/aromatic N) is 1. The first-order valence-corrected chi connectivity index (χ1v) is 6.64. The molecular weight excluding hydrogens is 232 g/mol. The van der Waals surface area contributed by atoms with E-state index in [1.807, 2.05) is 12.1 Å². The summed E-state index contributed by atoms with van der Waals surface area (Å²) in [5, 5.41) is 4.43. The molecule has 1 aliphatic heterocycles. The van der Waals surface area contributed by atoms with Crippen LogP contribution < -0.4 is 10.2 Å². The fraction of sp³-hybridized carbons (Fsp3) is 0.571. The normalized spacial score (nSPS) is 24.5. The first-order chi connectivity index (χ1) is 7.99. The van der Waals surface area contributed by atoms with E-state index in [2.05, 4.69) is 43.1 Å². The van der Waals surface area contributed by atoms with E-state index in [0.29, 0.717) is 6.04 Å². The van der Waals surface area contributed by atoms with Crippen LogP contribution in [0.4, 0.5) is 5.69 Å². The van der Waals surface area contributed by atoms with Crippen molar-refractivity contribution in [3.05, 3.63) is 29.3 Å². The van der Waals surface area contributed by atoms with Crippen molar-refractivity contribution in [2.75, 3.05) is 18.0 Å². The molecule has 1 aromatic carbocycles. The molecule has 2 rings (SSSR count). The van der Waals surface area contributed by atoms with Gasteiger partial charge >= 0.3 is 0 Å². The monoisotopic (exact) mass is 252 g/mol. The second kappa shape index (κ2) is 4.87. The maximum Gasteiger partial charge on any atom is 0.0639 e. The van der Waals surface area contributed by atoms with Crippen molar-refractivity contribution in [3.8, 4) is 0 Å². The number of anilines is 1. The molecule has 1 aromatic rings. The van der Waals surface area contributed by atoms with Gasteiger partial charge in [0, 0.05) is 18.1 Å². The summed E-state index contributed by atoms with van der Waals surface area (Å²) in [6, 6.07) is 8.63. The van der Waals surface area contributed by atoms with Crippen LogP contribution in [0.5, 0.6) is 0 Å². The molecular formula is C14H21ClN2. The molecule has 2 nitrogen and oxygen atoms in total. The first kappa shape index (κ1) is 12.7. The van der Waals surface area contributed by atoms with Crippen LogP contribution in [0.25, 0.3) is 0 Å². The predicted octanol–water partition coefficient (Wildman–Crippen LogP) is 3.31. The summed E-state index contributed by atoms with van der Waals surface area (Å²) in [6.45, 7) is 8.81. The molecule has 17 heavy (non-hydrogen) atoms. The van der Waals surface area contributed by atoms with Crippen LogP contribution in [-0.4, -0.2) is 24.7 Å². The van der Waals surface area contributed by atoms with Crippen molar-refractivity contribution in [2.24, 2.45) is 0 Å². The largest absolute Gasteiger partial charge is 0.366 e. The molecule has 3 heteroatoms. The molecule has 1 atom stereocenters. The quantitative estimate of drug-likeness (QED) is 0.825. The maximum absolute atomic E-state index is 6.31. The third-order valence-electron chi connectivity index (χ3n) is 3.43. The van der Waals surface area contributed by atoms with Gasteiger partial charge in [0.1, 0.15) is 0 Å². The molecule has 1 heterocycles. The number of halogens is 1. The molecule has 1 saturated heterocycles. The Morgan fingerprint density at radius 1 is 1.35 bits per heavy atom. The van der Waals surface area contributed by atoms with Crippen LogP contribution in [-0.2, 0) is 0 Å². The molecule has 1 unspecified atom stereocenters. The van der Waals surface area contributed by atoms with E-state index in [1.165, 1.54) is 0 Å². The Morgan fingerprint density at radius 2 is 2.06 bits per heavy atom. The molecule has 1 aliphatic rings. The predicted molar refractivity (Wildman–Crippen MR) is 75.0 cm³/mol. The zero-order valence-corrected chi connectivity index (χ0v) is 11.6. The first-order valence-electron chi connectivity index (χ1n) is 6.26. The van der Waals surface area contributed by atoms with Crippen LogP contribution in [0.2, 0.25) is 5.02 Å². The van der Waals surface area contributed by atoms with Crippen LogP contribution in [0.15, 0.2) is 24.3 Å². The average molecular weight is 253 g/mol. The van der Waals surface area contributed by atoms with Gasteiger partial charge in [0.15, 0.2) is 0 Å². The highest BCUT2D eigenvalue weighted by Crippen LogP contribution is 2.30. The summed E-state index contributed by atoms with van der Waals surface area (Å²) in [5.41, 5.74) is 1.28. The fourth-order valence-electron chi connectivity index (χ4n) is 2.42. The minimum atomic E-state index is 0.129. The Bertz CT molecular complexity index is 390. The van der Waals surface area contributed by atoms with Crippen LogP contribution in [0.1, 0.15) is 27.2 Å². The van der Waals surface area contributed by atoms with E-state index in [-0.39, 0.29) is 5.54 Å². The number of rotatable bonds is 1. The highest BCUT2D eigenvalue weighted by Gasteiger charge is 2.28. The molecule has 0 spiro atoms. The van der Waals surface area contributed by atoms with E-state index < -0.39 is 0 Å². The molecule has 0 aliphatic carbocycles. The SMILES string of the molecule is CC1CCNC(C)(C)CN1c1ccccc1Cl. The standard InChI is InChI=1S/C14H21ClN2/c1-11-8-9-16-14(2,3)10-17(11)13-7-5-4-6-12(13)15/h4-7,11,16H,8-10H2,1-3H3. The van der Waals surface area contributed by atoms with Gasteiger partial charge in [-0.2, -0.15) is 0 Å². The summed E-state index contributed by atoms with van der Waals surface area (Å²) in [7, 11) is 0. The van der Waals surface area contributed by atoms with E-state index in [0.717, 1.165) is 30.2 Å². The Morgan fingerprint density at radius 3 is 2.76 bits per heavy atom. The van der Waals surface area contributed by atoms with Gasteiger partial charge in [0.25, 0.3) is 0 Å². The van der Waals surface area contributed by atoms with Gasteiger partial charge in [0.05, 0.1) is 10.7 Å². The Hall–Kier alpha value is -0.730. The van der Waals surface area contributed by atoms with Gasteiger partial charge in [-0.15, -0.1) is 0 Å². The summed E-state index contributed by atoms with van der Waals surface area (Å²) >= 11 is 6.31. The zero-order chi connectivity index (χ0) is 12.5. The van der Waals surface area contributed by atoms with Gasteiger partial charge < -0.3 is 10.2 Å². The van der Waals surface area contributed by atoms with Crippen molar-refractivity contribution in [2.45, 2.75) is 38.8 Å². The Kier molecular flexibility index (Phi) is 3.64. The summed E-state index contributed by atoms with van der Waals surface area (Å²) in [4.78, 5) is 2.42. The van der Waals surface area contributed by atoms with Gasteiger partial charge in [-0.3, -0.25) is 0 Å². The molecule has 0 aromatic heterocycles. The molecule has 1 N–H and O–H groups in total. The van der Waals surface area contributed by atoms with Gasteiger partial charge in [-0.05, 0) is 45.9 Å². The minimum absolute atomic E-state index is 0.129. The molecule has 94 valence electrons. The Labute approximate surface area is 109 Å². The van der Waals surface area contributed by atoms with Crippen molar-refractivity contribution in [3.63, 3.8) is 0 Å². The lowest BCUT2D eigenvalue weighted by Gasteiger charge is -2.35. The summed E-state index contributed by atoms with van der Waals surface area (Å²) in [6.07, 6.45) is 1.15. The number of benzene rings is 1. The van der Waals surface area contributed by atoms with E-state index >= 15 is 0 Å². The minimum Gasteiger partial charge on any atom is -0.366 e. The van der Waals surface area contributed by atoms with Crippen LogP contribution >= 0.6 is 11.6 Å². The smallest absolute Gasteiger partial charge is 0.0639 e. The highest BCUT2D eigenvalue weighted by molar-refractivity contribution is 6.33. The topological polar surface area (TPSA) is 15.3 Å². The molecule has 0 amide bonds. The van der Waals surface area contributed by atoms with Crippen molar-refractivity contribution in [1.29, 1.82) is 0 Å². The van der Waals surface area contributed by atoms with Crippen molar-refractivity contribution in [1.82, 2.24) is 5.32 Å². The second-order valence-corrected chi connectivity index (χ2v) is 5.93. The number of para-hydroxylation sites is 1. The van der Waals surface area contributed by atoms with Crippen molar-refractivity contribution < 1.29 is 0 Å². The average Bonchev–Trinajstić information content (AvgIpc) is 2.38. The third kappa shape index (κ3) is 2.93. The van der Waals surface area contributed by atoms with Gasteiger partial charge in [-0.25, -0.2) is 0 Å². The van der Waals surface area contributed by atoms with Crippen molar-refractivity contribution >= 4 is 17.3 Å². The molecule has 1 fully saturated rings. The van der Waals surface area contributed by atoms with Crippen LogP contribution in [0, 0.1) is 0 Å². The second-order valence-electron chi connectivity index (χ2n) is 5.53. The van der Waals surface area contributed by atoms with E-state index in [1.54, 1.807) is 0 Å². The molecule has 0 saturated carbocycles. The number of hydrogen-bond acceptors (Lipinski definition) is 2. The number of nitrogens with one attached hydrogen (secondary N) is 1. The lowest BCUT2D eigenvalue weighted by Crippen LogP contribution is -2.47. The highest BCUT2D eigenvalue weighted by atomic mass is 35.5. The fourth-order valence-corrected chi connectivity index (χ4v) is 2.66. The van der Waals surface area contributed by atoms with E-state index in [4.69, 9.17) is 11.6 Å². The van der Waals surface area contributed by atoms with Crippen LogP contribution in [0.3, 0.4) is 0 Å².